The Kier molecular flexibility index (Phi) is 7.44. The van der Waals surface area contributed by atoms with E-state index in [1.54, 1.807) is 0 Å². The summed E-state index contributed by atoms with van der Waals surface area (Å²) in [6, 6.07) is 9.89. The lowest BCUT2D eigenvalue weighted by Gasteiger charge is -2.06. The molecule has 7 heteroatoms. The second kappa shape index (κ2) is 8.00. The van der Waals surface area contributed by atoms with Crippen molar-refractivity contribution < 1.29 is 22.7 Å². The summed E-state index contributed by atoms with van der Waals surface area (Å²) in [7, 11) is -6.00. The molecule has 0 amide bonds. The van der Waals surface area contributed by atoms with Crippen LogP contribution in [0.1, 0.15) is 26.3 Å². The highest BCUT2D eigenvalue weighted by Gasteiger charge is 2.20. The molecule has 0 saturated carbocycles. The normalized spacial score (nSPS) is 10.8. The van der Waals surface area contributed by atoms with Crippen molar-refractivity contribution in [2.45, 2.75) is 20.8 Å². The summed E-state index contributed by atoms with van der Waals surface area (Å²) in [6.45, 7) is 6.25. The number of thioether (sulfide) groups is 1. The van der Waals surface area contributed by atoms with Crippen LogP contribution < -0.4 is 5.41 Å². The summed E-state index contributed by atoms with van der Waals surface area (Å²) in [5.41, 5.74) is 1.06. The minimum Gasteiger partial charge on any atom is -0.418 e. The van der Waals surface area contributed by atoms with Crippen LogP contribution >= 0.6 is 11.8 Å². The Morgan fingerprint density at radius 2 is 1.55 bits per heavy atom. The minimum absolute atomic E-state index is 0.0317. The summed E-state index contributed by atoms with van der Waals surface area (Å²) < 4.78 is 39.0. The highest BCUT2D eigenvalue weighted by molar-refractivity contribution is 8.18. The molecule has 20 heavy (non-hydrogen) atoms. The van der Waals surface area contributed by atoms with Gasteiger partial charge in [0.2, 0.25) is 0 Å². The maximum atomic E-state index is 9.75. The summed E-state index contributed by atoms with van der Waals surface area (Å²) in [6.07, 6.45) is 0. The van der Waals surface area contributed by atoms with Crippen LogP contribution in [0.2, 0.25) is 0 Å². The van der Waals surface area contributed by atoms with E-state index in [2.05, 4.69) is 31.9 Å². The van der Waals surface area contributed by atoms with E-state index in [0.717, 1.165) is 10.6 Å². The molecule has 1 aromatic rings. The van der Waals surface area contributed by atoms with Gasteiger partial charge in [-0.15, -0.1) is 0 Å². The van der Waals surface area contributed by atoms with Crippen molar-refractivity contribution in [1.82, 2.24) is 0 Å². The summed E-state index contributed by atoms with van der Waals surface area (Å²) in [5.74, 6) is 3.13. The Balaban J connectivity index is 0.000000621. The van der Waals surface area contributed by atoms with Crippen molar-refractivity contribution in [2.24, 2.45) is 5.41 Å². The summed E-state index contributed by atoms with van der Waals surface area (Å²) in [4.78, 5) is 0. The Hall–Kier alpha value is -1.42. The molecule has 0 atom stereocenters. The van der Waals surface area contributed by atoms with Gasteiger partial charge in [0.15, 0.2) is 0 Å². The third-order valence-corrected chi connectivity index (χ3v) is 2.31. The molecule has 0 aromatic heterocycles. The first-order valence-electron chi connectivity index (χ1n) is 5.73. The predicted molar refractivity (Wildman–Crippen MR) is 77.5 cm³/mol. The Bertz CT molecular complexity index is 477. The van der Waals surface area contributed by atoms with Crippen LogP contribution in [0.15, 0.2) is 30.3 Å². The molecule has 0 aliphatic rings. The number of hydrogen-bond donors (Lipinski definition) is 1. The van der Waals surface area contributed by atoms with Gasteiger partial charge in [-0.1, -0.05) is 24.1 Å². The molecule has 0 aliphatic carbocycles. The Morgan fingerprint density at radius 1 is 1.10 bits per heavy atom. The molecule has 0 aliphatic heterocycles. The molecule has 1 nitrogen and oxygen atoms in total. The van der Waals surface area contributed by atoms with Crippen molar-refractivity contribution in [3.05, 3.63) is 35.9 Å². The zero-order valence-corrected chi connectivity index (χ0v) is 12.3. The Labute approximate surface area is 120 Å². The average molecular weight is 305 g/mol. The van der Waals surface area contributed by atoms with Crippen molar-refractivity contribution in [3.63, 3.8) is 0 Å². The molecule has 0 unspecified atom stereocenters. The van der Waals surface area contributed by atoms with Gasteiger partial charge in [-0.25, -0.2) is 5.41 Å². The van der Waals surface area contributed by atoms with Gasteiger partial charge in [-0.2, -0.15) is 0 Å². The average Bonchev–Trinajstić information content (AvgIpc) is 2.26. The van der Waals surface area contributed by atoms with Crippen LogP contribution in [-0.2, 0) is 0 Å². The quantitative estimate of drug-likeness (QED) is 0.278. The van der Waals surface area contributed by atoms with E-state index >= 15 is 0 Å². The molecule has 0 fully saturated rings. The van der Waals surface area contributed by atoms with Crippen LogP contribution in [0, 0.1) is 16.6 Å². The van der Waals surface area contributed by atoms with E-state index in [1.165, 1.54) is 11.8 Å². The second-order valence-electron chi connectivity index (χ2n) is 4.80. The van der Waals surface area contributed by atoms with Crippen LogP contribution in [0.5, 0.6) is 0 Å². The molecule has 1 aromatic carbocycles. The van der Waals surface area contributed by atoms with Crippen LogP contribution in [-0.4, -0.2) is 12.3 Å². The van der Waals surface area contributed by atoms with Crippen molar-refractivity contribution >= 4 is 24.1 Å². The highest BCUT2D eigenvalue weighted by Crippen LogP contribution is 2.13. The maximum absolute atomic E-state index is 9.75. The SMILES string of the molecule is CC(C)(C)C#CSC(=[NH2+])c1ccccc1.F[B-](F)(F)F. The topological polar surface area (TPSA) is 25.6 Å². The molecule has 0 spiro atoms. The predicted octanol–water partition coefficient (Wildman–Crippen LogP) is 3.23. The first-order valence-corrected chi connectivity index (χ1v) is 6.55. The van der Waals surface area contributed by atoms with Crippen molar-refractivity contribution in [3.8, 4) is 11.2 Å². The smallest absolute Gasteiger partial charge is 0.418 e. The lowest BCUT2D eigenvalue weighted by Crippen LogP contribution is -2.37. The Morgan fingerprint density at radius 3 is 1.95 bits per heavy atom. The van der Waals surface area contributed by atoms with Gasteiger partial charge >= 0.3 is 7.25 Å². The number of benzene rings is 1. The first-order chi connectivity index (χ1) is 8.99. The molecule has 0 bridgehead atoms. The number of nitrogens with two attached hydrogens (primary N) is 1. The van der Waals surface area contributed by atoms with E-state index in [0.29, 0.717) is 0 Å². The fraction of sp³-hybridized carbons (Fsp3) is 0.308. The minimum atomic E-state index is -6.00. The van der Waals surface area contributed by atoms with E-state index in [-0.39, 0.29) is 5.41 Å². The van der Waals surface area contributed by atoms with Gasteiger partial charge in [-0.05, 0) is 38.2 Å². The molecular weight excluding hydrogens is 289 g/mol. The maximum Gasteiger partial charge on any atom is 0.673 e. The van der Waals surface area contributed by atoms with Gasteiger partial charge in [0.1, 0.15) is 0 Å². The van der Waals surface area contributed by atoms with E-state index in [9.17, 15) is 17.3 Å². The van der Waals surface area contributed by atoms with E-state index in [1.807, 2.05) is 30.3 Å². The zero-order valence-electron chi connectivity index (χ0n) is 11.5. The molecule has 0 saturated heterocycles. The highest BCUT2D eigenvalue weighted by atomic mass is 32.2. The fourth-order valence-electron chi connectivity index (χ4n) is 0.895. The van der Waals surface area contributed by atoms with Gasteiger partial charge < -0.3 is 17.3 Å². The van der Waals surface area contributed by atoms with E-state index < -0.39 is 7.25 Å². The van der Waals surface area contributed by atoms with Crippen LogP contribution in [0.4, 0.5) is 17.3 Å². The van der Waals surface area contributed by atoms with Crippen LogP contribution in [0.25, 0.3) is 0 Å². The van der Waals surface area contributed by atoms with Crippen LogP contribution in [0.3, 0.4) is 0 Å². The summed E-state index contributed by atoms with van der Waals surface area (Å²) in [5, 5.41) is 9.69. The van der Waals surface area contributed by atoms with Crippen molar-refractivity contribution in [1.29, 1.82) is 0 Å². The van der Waals surface area contributed by atoms with Gasteiger partial charge in [0.05, 0.1) is 5.56 Å². The lowest BCUT2D eigenvalue weighted by molar-refractivity contribution is -0.107. The number of halogens is 4. The number of hydrogen-bond acceptors (Lipinski definition) is 1. The third-order valence-electron chi connectivity index (χ3n) is 1.65. The van der Waals surface area contributed by atoms with Gasteiger partial charge in [0.25, 0.3) is 5.04 Å². The molecule has 2 N–H and O–H groups in total. The van der Waals surface area contributed by atoms with Gasteiger partial charge in [-0.3, -0.25) is 0 Å². The number of rotatable bonds is 1. The molecular formula is C13H16BF4NS. The standard InChI is InChI=1S/C13H15NS.BF4/c1-13(2,3)9-10-15-12(14)11-7-5-4-6-8-11;2-1(3,4)5/h4-8,14H,1-3H3;/q;-1/p+1. The monoisotopic (exact) mass is 305 g/mol. The largest absolute Gasteiger partial charge is 0.673 e. The lowest BCUT2D eigenvalue weighted by atomic mass is 9.99. The van der Waals surface area contributed by atoms with Crippen molar-refractivity contribution in [2.75, 3.05) is 0 Å². The van der Waals surface area contributed by atoms with E-state index in [4.69, 9.17) is 5.41 Å². The third kappa shape index (κ3) is 13.0. The fourth-order valence-corrected chi connectivity index (χ4v) is 1.62. The second-order valence-corrected chi connectivity index (χ2v) is 5.65. The molecule has 0 heterocycles. The molecule has 1 rings (SSSR count). The summed E-state index contributed by atoms with van der Waals surface area (Å²) >= 11 is 1.39. The molecule has 110 valence electrons. The van der Waals surface area contributed by atoms with Gasteiger partial charge in [0, 0.05) is 17.2 Å². The molecule has 0 radical (unpaired) electrons. The zero-order chi connectivity index (χ0) is 15.8. The first kappa shape index (κ1) is 18.6.